The summed E-state index contributed by atoms with van der Waals surface area (Å²) in [6.07, 6.45) is 4.72. The fourth-order valence-electron chi connectivity index (χ4n) is 2.85. The van der Waals surface area contributed by atoms with Crippen LogP contribution in [0, 0.1) is 5.92 Å². The lowest BCUT2D eigenvalue weighted by molar-refractivity contribution is 0.0756. The van der Waals surface area contributed by atoms with E-state index in [0.29, 0.717) is 0 Å². The second kappa shape index (κ2) is 5.24. The lowest BCUT2D eigenvalue weighted by Gasteiger charge is -2.25. The maximum absolute atomic E-state index is 12.7. The molecule has 1 aliphatic carbocycles. The van der Waals surface area contributed by atoms with Crippen LogP contribution in [0.15, 0.2) is 18.2 Å². The van der Waals surface area contributed by atoms with Crippen molar-refractivity contribution in [2.24, 2.45) is 5.92 Å². The third-order valence-corrected chi connectivity index (χ3v) is 4.17. The molecule has 1 N–H and O–H groups in total. The minimum atomic E-state index is 0.218. The van der Waals surface area contributed by atoms with Crippen molar-refractivity contribution in [1.82, 2.24) is 4.90 Å². The predicted octanol–water partition coefficient (Wildman–Crippen LogP) is 2.92. The summed E-state index contributed by atoms with van der Waals surface area (Å²) in [5.74, 6) is 0.969. The monoisotopic (exact) mass is 258 g/mol. The summed E-state index contributed by atoms with van der Waals surface area (Å²) in [6, 6.07) is 6.07. The van der Waals surface area contributed by atoms with Crippen molar-refractivity contribution in [2.75, 3.05) is 25.0 Å². The van der Waals surface area contributed by atoms with Gasteiger partial charge in [0.15, 0.2) is 0 Å². The Labute approximate surface area is 115 Å². The average Bonchev–Trinajstić information content (AvgIpc) is 3.27. The fraction of sp³-hybridized carbons (Fsp3) is 0.562. The van der Waals surface area contributed by atoms with Gasteiger partial charge < -0.3 is 10.2 Å². The number of rotatable bonds is 4. The minimum absolute atomic E-state index is 0.218. The maximum atomic E-state index is 12.7. The van der Waals surface area contributed by atoms with Crippen molar-refractivity contribution in [1.29, 1.82) is 0 Å². The highest BCUT2D eigenvalue weighted by atomic mass is 16.2. The largest absolute Gasteiger partial charge is 0.385 e. The van der Waals surface area contributed by atoms with Crippen molar-refractivity contribution >= 4 is 11.6 Å². The molecule has 3 heteroatoms. The number of carbonyl (C=O) groups excluding carboxylic acids is 1. The van der Waals surface area contributed by atoms with Crippen LogP contribution < -0.4 is 5.32 Å². The van der Waals surface area contributed by atoms with Gasteiger partial charge in [0.05, 0.1) is 0 Å². The maximum Gasteiger partial charge on any atom is 0.254 e. The van der Waals surface area contributed by atoms with E-state index in [4.69, 9.17) is 0 Å². The van der Waals surface area contributed by atoms with E-state index >= 15 is 0 Å². The highest BCUT2D eigenvalue weighted by Crippen LogP contribution is 2.31. The summed E-state index contributed by atoms with van der Waals surface area (Å²) in [7, 11) is 0. The summed E-state index contributed by atoms with van der Waals surface area (Å²) >= 11 is 0. The van der Waals surface area contributed by atoms with Crippen molar-refractivity contribution in [3.8, 4) is 0 Å². The van der Waals surface area contributed by atoms with Gasteiger partial charge in [-0.15, -0.1) is 0 Å². The van der Waals surface area contributed by atoms with Crippen molar-refractivity contribution < 1.29 is 4.79 Å². The Morgan fingerprint density at radius 1 is 1.42 bits per heavy atom. The molecule has 102 valence electrons. The Hall–Kier alpha value is -1.51. The number of fused-ring (bicyclic) bond motifs is 1. The number of benzene rings is 1. The van der Waals surface area contributed by atoms with Crippen LogP contribution in [-0.4, -0.2) is 30.4 Å². The molecule has 1 aliphatic heterocycles. The first-order chi connectivity index (χ1) is 9.29. The first-order valence-electron chi connectivity index (χ1n) is 7.44. The van der Waals surface area contributed by atoms with E-state index in [0.717, 1.165) is 49.6 Å². The molecule has 0 saturated heterocycles. The summed E-state index contributed by atoms with van der Waals surface area (Å²) in [6.45, 7) is 4.84. The standard InChI is InChI=1S/C16H22N2O/c1-2-18(11-12-8-9-12)16(19)14-5-3-7-15-13(14)6-4-10-17-15/h3,5,7,12,17H,2,4,6,8-11H2,1H3. The topological polar surface area (TPSA) is 32.3 Å². The van der Waals surface area contributed by atoms with Crippen LogP contribution >= 0.6 is 0 Å². The van der Waals surface area contributed by atoms with Gasteiger partial charge in [-0.2, -0.15) is 0 Å². The van der Waals surface area contributed by atoms with E-state index in [1.54, 1.807) is 0 Å². The van der Waals surface area contributed by atoms with Gasteiger partial charge in [0.1, 0.15) is 0 Å². The molecule has 1 amide bonds. The van der Waals surface area contributed by atoms with Crippen molar-refractivity contribution in [3.63, 3.8) is 0 Å². The third kappa shape index (κ3) is 2.60. The molecule has 3 nitrogen and oxygen atoms in total. The summed E-state index contributed by atoms with van der Waals surface area (Å²) in [4.78, 5) is 14.7. The molecular formula is C16H22N2O. The molecule has 1 fully saturated rings. The molecule has 0 spiro atoms. The normalized spacial score (nSPS) is 17.5. The molecule has 1 aromatic rings. The molecule has 1 heterocycles. The van der Waals surface area contributed by atoms with Gasteiger partial charge in [-0.3, -0.25) is 4.79 Å². The second-order valence-electron chi connectivity index (χ2n) is 5.65. The molecule has 0 radical (unpaired) electrons. The van der Waals surface area contributed by atoms with Crippen molar-refractivity contribution in [3.05, 3.63) is 29.3 Å². The highest BCUT2D eigenvalue weighted by Gasteiger charge is 2.28. The fourth-order valence-corrected chi connectivity index (χ4v) is 2.85. The van der Waals surface area contributed by atoms with Gasteiger partial charge in [0.2, 0.25) is 0 Å². The van der Waals surface area contributed by atoms with Gasteiger partial charge in [-0.25, -0.2) is 0 Å². The van der Waals surface area contributed by atoms with E-state index in [1.807, 2.05) is 17.0 Å². The van der Waals surface area contributed by atoms with Crippen LogP contribution in [-0.2, 0) is 6.42 Å². The van der Waals surface area contributed by atoms with Crippen LogP contribution in [0.1, 0.15) is 42.1 Å². The molecule has 1 saturated carbocycles. The summed E-state index contributed by atoms with van der Waals surface area (Å²) in [5, 5.41) is 3.40. The Kier molecular flexibility index (Phi) is 3.45. The molecule has 0 unspecified atom stereocenters. The van der Waals surface area contributed by atoms with E-state index in [-0.39, 0.29) is 5.91 Å². The van der Waals surface area contributed by atoms with Crippen LogP contribution in [0.4, 0.5) is 5.69 Å². The number of nitrogens with one attached hydrogen (secondary N) is 1. The van der Waals surface area contributed by atoms with E-state index in [1.165, 1.54) is 18.4 Å². The number of anilines is 1. The first-order valence-corrected chi connectivity index (χ1v) is 7.44. The van der Waals surface area contributed by atoms with E-state index in [9.17, 15) is 4.79 Å². The lowest BCUT2D eigenvalue weighted by Crippen LogP contribution is -2.33. The molecule has 0 atom stereocenters. The lowest BCUT2D eigenvalue weighted by atomic mass is 9.96. The van der Waals surface area contributed by atoms with Gasteiger partial charge >= 0.3 is 0 Å². The number of amides is 1. The molecule has 1 aromatic carbocycles. The van der Waals surface area contributed by atoms with E-state index < -0.39 is 0 Å². The number of hydrogen-bond acceptors (Lipinski definition) is 2. The van der Waals surface area contributed by atoms with Gasteiger partial charge in [0, 0.05) is 30.9 Å². The molecule has 3 rings (SSSR count). The number of nitrogens with zero attached hydrogens (tertiary/aromatic N) is 1. The molecule has 0 aromatic heterocycles. The van der Waals surface area contributed by atoms with Crippen LogP contribution in [0.5, 0.6) is 0 Å². The first kappa shape index (κ1) is 12.5. The SMILES string of the molecule is CCN(CC1CC1)C(=O)c1cccc2c1CCCN2. The summed E-state index contributed by atoms with van der Waals surface area (Å²) < 4.78 is 0. The van der Waals surface area contributed by atoms with Crippen molar-refractivity contribution in [2.45, 2.75) is 32.6 Å². The Morgan fingerprint density at radius 3 is 3.00 bits per heavy atom. The van der Waals surface area contributed by atoms with Gasteiger partial charge in [-0.1, -0.05) is 6.07 Å². The molecule has 0 bridgehead atoms. The van der Waals surface area contributed by atoms with Crippen LogP contribution in [0.2, 0.25) is 0 Å². The zero-order chi connectivity index (χ0) is 13.2. The molecular weight excluding hydrogens is 236 g/mol. The number of carbonyl (C=O) groups is 1. The van der Waals surface area contributed by atoms with Crippen LogP contribution in [0.3, 0.4) is 0 Å². The van der Waals surface area contributed by atoms with Gasteiger partial charge in [-0.05, 0) is 56.2 Å². The molecule has 2 aliphatic rings. The summed E-state index contributed by atoms with van der Waals surface area (Å²) in [5.41, 5.74) is 3.28. The Bertz CT molecular complexity index is 480. The van der Waals surface area contributed by atoms with Gasteiger partial charge in [0.25, 0.3) is 5.91 Å². The van der Waals surface area contributed by atoms with Crippen LogP contribution in [0.25, 0.3) is 0 Å². The third-order valence-electron chi connectivity index (χ3n) is 4.17. The number of hydrogen-bond donors (Lipinski definition) is 1. The zero-order valence-electron chi connectivity index (χ0n) is 11.6. The quantitative estimate of drug-likeness (QED) is 0.900. The smallest absolute Gasteiger partial charge is 0.254 e. The van der Waals surface area contributed by atoms with E-state index in [2.05, 4.69) is 18.3 Å². The zero-order valence-corrected chi connectivity index (χ0v) is 11.6. The average molecular weight is 258 g/mol. The second-order valence-corrected chi connectivity index (χ2v) is 5.65. The highest BCUT2D eigenvalue weighted by molar-refractivity contribution is 5.97. The Balaban J connectivity index is 1.85. The minimum Gasteiger partial charge on any atom is -0.385 e. The predicted molar refractivity (Wildman–Crippen MR) is 77.6 cm³/mol. The molecule has 19 heavy (non-hydrogen) atoms. The Morgan fingerprint density at radius 2 is 2.26 bits per heavy atom.